The van der Waals surface area contributed by atoms with Gasteiger partial charge >= 0.3 is 6.09 Å². The summed E-state index contributed by atoms with van der Waals surface area (Å²) in [5, 5.41) is 6.88. The fourth-order valence-corrected chi connectivity index (χ4v) is 9.10. The van der Waals surface area contributed by atoms with Crippen molar-refractivity contribution >= 4 is 44.6 Å². The fraction of sp³-hybridized carbons (Fsp3) is 0.590. The van der Waals surface area contributed by atoms with Gasteiger partial charge in [0.05, 0.1) is 25.5 Å². The number of carbonyl (C=O) groups is 4. The molecule has 0 aromatic heterocycles. The third-order valence-corrected chi connectivity index (χ3v) is 13.1. The molecule has 0 unspecified atom stereocenters. The summed E-state index contributed by atoms with van der Waals surface area (Å²) in [7, 11) is -0.713. The average Bonchev–Trinajstić information content (AvgIpc) is 4.05. The molecule has 3 N–H and O–H groups in total. The SMILES string of the molecule is C=C[C@@H]1C[C@]1(NC(=O)[C@@H]1C[C@]2(OC)CN1C(=O)[C@H](C(C)(C)C)NC(=O)OCCCCCCc1cc3cc2ccc3cc1OC)C(=O)NS(=O)(=O)C1CC1. The number of rotatable bonds is 8. The first-order valence-electron chi connectivity index (χ1n) is 18.5. The lowest BCUT2D eigenvalue weighted by molar-refractivity contribution is -0.143. The second kappa shape index (κ2) is 14.6. The lowest BCUT2D eigenvalue weighted by Crippen LogP contribution is -2.60. The van der Waals surface area contributed by atoms with Crippen molar-refractivity contribution in [2.75, 3.05) is 27.4 Å². The largest absolute Gasteiger partial charge is 0.496 e. The highest BCUT2D eigenvalue weighted by molar-refractivity contribution is 7.91. The number of hydrogen-bond donors (Lipinski definition) is 3. The van der Waals surface area contributed by atoms with Crippen LogP contribution in [0.4, 0.5) is 4.79 Å². The number of nitrogens with zero attached hydrogens (tertiary/aromatic N) is 1. The van der Waals surface area contributed by atoms with Gasteiger partial charge in [0, 0.05) is 19.4 Å². The minimum absolute atomic E-state index is 0.0216. The van der Waals surface area contributed by atoms with Gasteiger partial charge < -0.3 is 29.7 Å². The number of cyclic esters (lactones) is 1. The Kier molecular flexibility index (Phi) is 10.6. The minimum atomic E-state index is -3.90. The fourth-order valence-electron chi connectivity index (χ4n) is 7.73. The molecule has 2 aliphatic carbocycles. The zero-order valence-corrected chi connectivity index (χ0v) is 32.1. The number of nitrogens with one attached hydrogen (secondary N) is 3. The maximum Gasteiger partial charge on any atom is 0.407 e. The van der Waals surface area contributed by atoms with Gasteiger partial charge in [0.15, 0.2) is 0 Å². The van der Waals surface area contributed by atoms with Crippen LogP contribution in [0.1, 0.15) is 83.3 Å². The molecule has 2 saturated carbocycles. The van der Waals surface area contributed by atoms with E-state index >= 15 is 0 Å². The van der Waals surface area contributed by atoms with Crippen molar-refractivity contribution in [3.05, 3.63) is 54.1 Å². The predicted molar refractivity (Wildman–Crippen MR) is 198 cm³/mol. The lowest BCUT2D eigenvalue weighted by Gasteiger charge is -2.36. The third kappa shape index (κ3) is 7.75. The van der Waals surface area contributed by atoms with E-state index in [4.69, 9.17) is 14.2 Å². The number of fused-ring (bicyclic) bond motifs is 5. The van der Waals surface area contributed by atoms with Gasteiger partial charge in [-0.05, 0) is 84.0 Å². The highest BCUT2D eigenvalue weighted by Gasteiger charge is 2.62. The summed E-state index contributed by atoms with van der Waals surface area (Å²) >= 11 is 0. The van der Waals surface area contributed by atoms with E-state index in [1.165, 1.54) is 18.1 Å². The van der Waals surface area contributed by atoms with Gasteiger partial charge in [-0.15, -0.1) is 6.58 Å². The Morgan fingerprint density at radius 2 is 1.77 bits per heavy atom. The molecule has 5 bridgehead atoms. The Balaban J connectivity index is 1.41. The van der Waals surface area contributed by atoms with Crippen molar-refractivity contribution in [3.63, 3.8) is 0 Å². The maximum atomic E-state index is 14.7. The summed E-state index contributed by atoms with van der Waals surface area (Å²) in [5.74, 6) is -1.73. The molecule has 13 nitrogen and oxygen atoms in total. The van der Waals surface area contributed by atoms with E-state index in [0.29, 0.717) is 19.3 Å². The maximum absolute atomic E-state index is 14.7. The van der Waals surface area contributed by atoms with E-state index in [1.807, 2.05) is 45.0 Å². The van der Waals surface area contributed by atoms with Crippen LogP contribution >= 0.6 is 0 Å². The Morgan fingerprint density at radius 3 is 2.42 bits per heavy atom. The molecule has 1 saturated heterocycles. The molecule has 4 aliphatic rings. The van der Waals surface area contributed by atoms with Gasteiger partial charge in [-0.3, -0.25) is 19.1 Å². The lowest BCUT2D eigenvalue weighted by atomic mass is 9.85. The standard InChI is InChI=1S/C39H52N4O9S/c1-7-27-21-39(27,35(46)42-53(48,49)29-15-16-29)41-33(44)30-22-38(51-6)23-43(30)34(45)32(37(2,3)4)40-36(47)52-17-11-9-8-10-12-25-18-26-19-28(38)14-13-24(26)20-31(25)50-5/h7,13-14,18-20,27,29-30,32H,1,8-12,15-17,21-23H2,2-6H3,(H,40,47)(H,41,44)(H,42,46)/t27-,30+,32-,38+,39-/m1/s1. The van der Waals surface area contributed by atoms with Crippen molar-refractivity contribution < 1.29 is 41.8 Å². The van der Waals surface area contributed by atoms with Gasteiger partial charge in [-0.25, -0.2) is 13.2 Å². The molecule has 2 aromatic rings. The third-order valence-electron chi connectivity index (χ3n) is 11.3. The van der Waals surface area contributed by atoms with Crippen LogP contribution in [-0.4, -0.2) is 87.4 Å². The smallest absolute Gasteiger partial charge is 0.407 e. The van der Waals surface area contributed by atoms with E-state index in [1.54, 1.807) is 7.11 Å². The molecule has 2 heterocycles. The number of ether oxygens (including phenoxy) is 3. The van der Waals surface area contributed by atoms with Gasteiger partial charge in [0.25, 0.3) is 5.91 Å². The second-order valence-corrected chi connectivity index (χ2v) is 18.0. The van der Waals surface area contributed by atoms with Crippen LogP contribution in [0.5, 0.6) is 5.75 Å². The summed E-state index contributed by atoms with van der Waals surface area (Å²) in [4.78, 5) is 57.3. The summed E-state index contributed by atoms with van der Waals surface area (Å²) in [6.45, 7) is 9.38. The van der Waals surface area contributed by atoms with E-state index in [2.05, 4.69) is 28.0 Å². The molecule has 5 atom stereocenters. The number of aryl methyl sites for hydroxylation is 1. The predicted octanol–water partition coefficient (Wildman–Crippen LogP) is 4.22. The quantitative estimate of drug-likeness (QED) is 0.335. The molecule has 0 spiro atoms. The molecule has 53 heavy (non-hydrogen) atoms. The van der Waals surface area contributed by atoms with Crippen LogP contribution < -0.4 is 20.1 Å². The first-order chi connectivity index (χ1) is 25.1. The van der Waals surface area contributed by atoms with Crippen molar-refractivity contribution in [3.8, 4) is 5.75 Å². The Hall–Kier alpha value is -4.17. The number of carbonyl (C=O) groups excluding carboxylic acids is 4. The molecular formula is C39H52N4O9S. The molecule has 288 valence electrons. The van der Waals surface area contributed by atoms with E-state index < -0.39 is 73.6 Å². The van der Waals surface area contributed by atoms with Crippen LogP contribution in [0.15, 0.2) is 43.0 Å². The Morgan fingerprint density at radius 1 is 1.04 bits per heavy atom. The van der Waals surface area contributed by atoms with Gasteiger partial charge in [0.1, 0.15) is 29.0 Å². The Bertz CT molecular complexity index is 1910. The molecule has 6 rings (SSSR count). The summed E-state index contributed by atoms with van der Waals surface area (Å²) < 4.78 is 45.2. The summed E-state index contributed by atoms with van der Waals surface area (Å²) in [5.41, 5.74) is -1.71. The van der Waals surface area contributed by atoms with Crippen LogP contribution in [0.3, 0.4) is 0 Å². The topological polar surface area (TPSA) is 169 Å². The van der Waals surface area contributed by atoms with Gasteiger partial charge in [-0.1, -0.05) is 51.8 Å². The number of benzene rings is 2. The molecule has 3 fully saturated rings. The number of alkyl carbamates (subject to hydrolysis) is 1. The first kappa shape index (κ1) is 38.6. The first-order valence-corrected chi connectivity index (χ1v) is 20.0. The number of hydrogen-bond acceptors (Lipinski definition) is 9. The highest BCUT2D eigenvalue weighted by Crippen LogP contribution is 2.47. The van der Waals surface area contributed by atoms with Crippen LogP contribution in [0.25, 0.3) is 10.8 Å². The average molecular weight is 753 g/mol. The van der Waals surface area contributed by atoms with E-state index in [-0.39, 0.29) is 26.0 Å². The zero-order valence-electron chi connectivity index (χ0n) is 31.3. The molecular weight excluding hydrogens is 701 g/mol. The van der Waals surface area contributed by atoms with Gasteiger partial charge in [-0.2, -0.15) is 0 Å². The molecule has 2 aliphatic heterocycles. The monoisotopic (exact) mass is 752 g/mol. The highest BCUT2D eigenvalue weighted by atomic mass is 32.2. The molecule has 2 aromatic carbocycles. The van der Waals surface area contributed by atoms with Crippen LogP contribution in [0, 0.1) is 11.3 Å². The van der Waals surface area contributed by atoms with Gasteiger partial charge in [0.2, 0.25) is 21.8 Å². The summed E-state index contributed by atoms with van der Waals surface area (Å²) in [6, 6.07) is 7.77. The molecule has 4 amide bonds. The van der Waals surface area contributed by atoms with Crippen molar-refractivity contribution in [1.29, 1.82) is 0 Å². The van der Waals surface area contributed by atoms with Crippen molar-refractivity contribution in [2.45, 2.75) is 107 Å². The van der Waals surface area contributed by atoms with Crippen LogP contribution in [0.2, 0.25) is 0 Å². The Labute approximate surface area is 311 Å². The van der Waals surface area contributed by atoms with Crippen LogP contribution in [-0.2, 0) is 45.9 Å². The number of methoxy groups -OCH3 is 2. The summed E-state index contributed by atoms with van der Waals surface area (Å²) in [6.07, 6.45) is 6.04. The van der Waals surface area contributed by atoms with E-state index in [9.17, 15) is 27.6 Å². The number of sulfonamides is 1. The molecule has 0 radical (unpaired) electrons. The van der Waals surface area contributed by atoms with E-state index in [0.717, 1.165) is 53.3 Å². The molecule has 14 heteroatoms. The zero-order chi connectivity index (χ0) is 38.3. The van der Waals surface area contributed by atoms with Crippen molar-refractivity contribution in [2.24, 2.45) is 11.3 Å². The number of amides is 4. The second-order valence-electron chi connectivity index (χ2n) is 16.0. The minimum Gasteiger partial charge on any atom is -0.496 e. The van der Waals surface area contributed by atoms with Crippen molar-refractivity contribution in [1.82, 2.24) is 20.3 Å². The normalized spacial score (nSPS) is 28.3.